The first-order valence-electron chi connectivity index (χ1n) is 8.35. The summed E-state index contributed by atoms with van der Waals surface area (Å²) in [4.78, 5) is 18.9. The van der Waals surface area contributed by atoms with Crippen LogP contribution in [0.2, 0.25) is 5.02 Å². The van der Waals surface area contributed by atoms with Crippen LogP contribution < -0.4 is 10.2 Å². The van der Waals surface area contributed by atoms with Crippen molar-refractivity contribution in [2.45, 2.75) is 17.3 Å². The maximum atomic E-state index is 12.4. The molecular formula is C19H20ClN5OS. The average Bonchev–Trinajstić information content (AvgIpc) is 3.11. The Labute approximate surface area is 167 Å². The van der Waals surface area contributed by atoms with E-state index in [-0.39, 0.29) is 11.2 Å². The van der Waals surface area contributed by atoms with Gasteiger partial charge in [-0.05, 0) is 55.5 Å². The van der Waals surface area contributed by atoms with E-state index in [2.05, 4.69) is 20.5 Å². The second-order valence-electron chi connectivity index (χ2n) is 6.16. The summed E-state index contributed by atoms with van der Waals surface area (Å²) in [6.07, 6.45) is 0. The summed E-state index contributed by atoms with van der Waals surface area (Å²) >= 11 is 7.20. The lowest BCUT2D eigenvalue weighted by molar-refractivity contribution is -0.115. The van der Waals surface area contributed by atoms with E-state index in [1.807, 2.05) is 62.3 Å². The fourth-order valence-electron chi connectivity index (χ4n) is 2.33. The van der Waals surface area contributed by atoms with Crippen LogP contribution in [0.25, 0.3) is 11.4 Å². The van der Waals surface area contributed by atoms with Crippen LogP contribution in [0.4, 0.5) is 11.4 Å². The summed E-state index contributed by atoms with van der Waals surface area (Å²) in [6, 6.07) is 15.0. The fraction of sp³-hybridized carbons (Fsp3) is 0.211. The zero-order valence-electron chi connectivity index (χ0n) is 15.2. The fourth-order valence-corrected chi connectivity index (χ4v) is 3.18. The molecule has 0 aliphatic carbocycles. The molecule has 6 nitrogen and oxygen atoms in total. The molecule has 140 valence electrons. The van der Waals surface area contributed by atoms with E-state index >= 15 is 0 Å². The number of hydrogen-bond acceptors (Lipinski definition) is 5. The summed E-state index contributed by atoms with van der Waals surface area (Å²) in [5, 5.41) is 10.8. The number of nitrogens with zero attached hydrogens (tertiary/aromatic N) is 3. The minimum atomic E-state index is -0.340. The lowest BCUT2D eigenvalue weighted by atomic mass is 10.2. The number of halogens is 1. The number of amides is 1. The minimum absolute atomic E-state index is 0.101. The highest BCUT2D eigenvalue weighted by Crippen LogP contribution is 2.24. The number of thioether (sulfide) groups is 1. The summed E-state index contributed by atoms with van der Waals surface area (Å²) in [5.74, 6) is 0.538. The van der Waals surface area contributed by atoms with Crippen molar-refractivity contribution in [3.05, 3.63) is 53.6 Å². The Bertz CT molecular complexity index is 909. The monoisotopic (exact) mass is 401 g/mol. The third kappa shape index (κ3) is 5.02. The van der Waals surface area contributed by atoms with Gasteiger partial charge in [0, 0.05) is 36.1 Å². The van der Waals surface area contributed by atoms with E-state index in [1.165, 1.54) is 11.8 Å². The minimum Gasteiger partial charge on any atom is -0.378 e. The van der Waals surface area contributed by atoms with E-state index < -0.39 is 0 Å². The van der Waals surface area contributed by atoms with Crippen LogP contribution in [-0.4, -0.2) is 40.4 Å². The van der Waals surface area contributed by atoms with Crippen molar-refractivity contribution < 1.29 is 4.79 Å². The first-order chi connectivity index (χ1) is 12.9. The molecule has 27 heavy (non-hydrogen) atoms. The first kappa shape index (κ1) is 19.3. The molecule has 0 bridgehead atoms. The number of H-pyrrole nitrogens is 1. The maximum Gasteiger partial charge on any atom is 0.237 e. The van der Waals surface area contributed by atoms with E-state index in [0.29, 0.717) is 16.0 Å². The number of benzene rings is 2. The van der Waals surface area contributed by atoms with Gasteiger partial charge in [0.15, 0.2) is 5.82 Å². The maximum absolute atomic E-state index is 12.4. The highest BCUT2D eigenvalue weighted by molar-refractivity contribution is 8.00. The normalized spacial score (nSPS) is 11.9. The van der Waals surface area contributed by atoms with Crippen LogP contribution in [0.3, 0.4) is 0 Å². The zero-order chi connectivity index (χ0) is 19.4. The number of aromatic amines is 1. The van der Waals surface area contributed by atoms with Gasteiger partial charge in [-0.1, -0.05) is 23.4 Å². The van der Waals surface area contributed by atoms with Crippen molar-refractivity contribution in [3.63, 3.8) is 0 Å². The van der Waals surface area contributed by atoms with Gasteiger partial charge in [0.1, 0.15) is 0 Å². The Morgan fingerprint density at radius 1 is 1.15 bits per heavy atom. The zero-order valence-corrected chi connectivity index (χ0v) is 16.8. The van der Waals surface area contributed by atoms with E-state index in [9.17, 15) is 4.79 Å². The number of carbonyl (C=O) groups is 1. The van der Waals surface area contributed by atoms with Gasteiger partial charge in [-0.25, -0.2) is 4.98 Å². The predicted octanol–water partition coefficient (Wildman–Crippen LogP) is 4.31. The first-order valence-corrected chi connectivity index (χ1v) is 9.61. The highest BCUT2D eigenvalue weighted by Gasteiger charge is 2.17. The largest absolute Gasteiger partial charge is 0.378 e. The third-order valence-corrected chi connectivity index (χ3v) is 5.10. The lowest BCUT2D eigenvalue weighted by Crippen LogP contribution is -2.22. The van der Waals surface area contributed by atoms with Gasteiger partial charge in [0.2, 0.25) is 11.1 Å². The Kier molecular flexibility index (Phi) is 6.03. The van der Waals surface area contributed by atoms with E-state index in [1.54, 1.807) is 12.1 Å². The van der Waals surface area contributed by atoms with Crippen molar-refractivity contribution in [1.82, 2.24) is 15.2 Å². The summed E-state index contributed by atoms with van der Waals surface area (Å²) < 4.78 is 0. The molecule has 3 rings (SSSR count). The average molecular weight is 402 g/mol. The third-order valence-electron chi connectivity index (χ3n) is 3.89. The van der Waals surface area contributed by atoms with Crippen molar-refractivity contribution in [2.75, 3.05) is 24.3 Å². The molecule has 1 amide bonds. The smallest absolute Gasteiger partial charge is 0.237 e. The number of aromatic nitrogens is 3. The Morgan fingerprint density at radius 2 is 1.81 bits per heavy atom. The van der Waals surface area contributed by atoms with Gasteiger partial charge in [-0.15, -0.1) is 5.10 Å². The topological polar surface area (TPSA) is 73.9 Å². The lowest BCUT2D eigenvalue weighted by Gasteiger charge is -2.14. The molecule has 0 saturated heterocycles. The van der Waals surface area contributed by atoms with Crippen molar-refractivity contribution in [1.29, 1.82) is 0 Å². The van der Waals surface area contributed by atoms with E-state index in [0.717, 1.165) is 16.9 Å². The van der Waals surface area contributed by atoms with E-state index in [4.69, 9.17) is 11.6 Å². The summed E-state index contributed by atoms with van der Waals surface area (Å²) in [5.41, 5.74) is 2.72. The molecule has 0 spiro atoms. The van der Waals surface area contributed by atoms with Crippen LogP contribution in [-0.2, 0) is 4.79 Å². The number of rotatable bonds is 6. The Hall–Kier alpha value is -2.51. The van der Waals surface area contributed by atoms with Gasteiger partial charge in [0.05, 0.1) is 5.25 Å². The second kappa shape index (κ2) is 8.45. The van der Waals surface area contributed by atoms with Crippen LogP contribution in [0.5, 0.6) is 0 Å². The quantitative estimate of drug-likeness (QED) is 0.602. The molecule has 0 aliphatic rings. The molecule has 0 fully saturated rings. The van der Waals surface area contributed by atoms with Crippen LogP contribution in [0, 0.1) is 0 Å². The van der Waals surface area contributed by atoms with Gasteiger partial charge in [-0.2, -0.15) is 0 Å². The van der Waals surface area contributed by atoms with Gasteiger partial charge in [-0.3, -0.25) is 9.89 Å². The summed E-state index contributed by atoms with van der Waals surface area (Å²) in [6.45, 7) is 1.83. The molecular weight excluding hydrogens is 382 g/mol. The molecule has 1 atom stereocenters. The molecule has 1 aromatic heterocycles. The van der Waals surface area contributed by atoms with Crippen molar-refractivity contribution in [3.8, 4) is 11.4 Å². The SMILES string of the molecule is CC(Sc1n[nH]c(-c2ccc(Cl)cc2)n1)C(=O)Nc1ccc(N(C)C)cc1. The van der Waals surface area contributed by atoms with Crippen LogP contribution >= 0.6 is 23.4 Å². The molecule has 0 saturated carbocycles. The highest BCUT2D eigenvalue weighted by atomic mass is 35.5. The van der Waals surface area contributed by atoms with Crippen LogP contribution in [0.1, 0.15) is 6.92 Å². The standard InChI is InChI=1S/C19H20ClN5OS/c1-12(18(26)21-15-8-10-16(11-9-15)25(2)3)27-19-22-17(23-24-19)13-4-6-14(20)7-5-13/h4-12H,1-3H3,(H,21,26)(H,22,23,24). The molecule has 8 heteroatoms. The molecule has 2 aromatic carbocycles. The Balaban J connectivity index is 1.60. The van der Waals surface area contributed by atoms with Crippen molar-refractivity contribution >= 4 is 40.6 Å². The van der Waals surface area contributed by atoms with Gasteiger partial charge >= 0.3 is 0 Å². The molecule has 2 N–H and O–H groups in total. The second-order valence-corrected chi connectivity index (χ2v) is 7.91. The number of anilines is 2. The number of hydrogen-bond donors (Lipinski definition) is 2. The van der Waals surface area contributed by atoms with Gasteiger partial charge < -0.3 is 10.2 Å². The molecule has 0 aliphatic heterocycles. The molecule has 1 heterocycles. The Morgan fingerprint density at radius 3 is 2.44 bits per heavy atom. The predicted molar refractivity (Wildman–Crippen MR) is 112 cm³/mol. The van der Waals surface area contributed by atoms with Crippen LogP contribution in [0.15, 0.2) is 53.7 Å². The van der Waals surface area contributed by atoms with Gasteiger partial charge in [0.25, 0.3) is 0 Å². The number of nitrogens with one attached hydrogen (secondary N) is 2. The molecule has 0 radical (unpaired) electrons. The van der Waals surface area contributed by atoms with Crippen molar-refractivity contribution in [2.24, 2.45) is 0 Å². The molecule has 3 aromatic rings. The summed E-state index contributed by atoms with van der Waals surface area (Å²) in [7, 11) is 3.95. The number of carbonyl (C=O) groups excluding carboxylic acids is 1. The molecule has 1 unspecified atom stereocenters.